The summed E-state index contributed by atoms with van der Waals surface area (Å²) in [5.74, 6) is 2.85. The van der Waals surface area contributed by atoms with Crippen LogP contribution in [0.3, 0.4) is 0 Å². The Hall–Kier alpha value is -2.99. The number of furan rings is 1. The van der Waals surface area contributed by atoms with Crippen molar-refractivity contribution in [3.8, 4) is 10.4 Å². The van der Waals surface area contributed by atoms with Crippen molar-refractivity contribution in [1.29, 1.82) is 0 Å². The number of carbonyl (C=O) groups excluding carboxylic acids is 1. The number of carbonyl (C=O) groups is 1. The molecule has 0 radical (unpaired) electrons. The predicted molar refractivity (Wildman–Crippen MR) is 155 cm³/mol. The number of rotatable bonds is 5. The van der Waals surface area contributed by atoms with Crippen molar-refractivity contribution < 1.29 is 13.6 Å². The molecule has 2 aliphatic rings. The number of aryl methyl sites for hydroxylation is 1. The van der Waals surface area contributed by atoms with E-state index in [2.05, 4.69) is 43.9 Å². The molecule has 204 valence electrons. The minimum atomic E-state index is -0.282. The van der Waals surface area contributed by atoms with E-state index in [1.54, 1.807) is 12.1 Å². The number of hydrogen-bond acceptors (Lipinski definition) is 4. The van der Waals surface area contributed by atoms with Crippen molar-refractivity contribution in [1.82, 2.24) is 9.88 Å². The topological polar surface area (TPSA) is 46.3 Å². The van der Waals surface area contributed by atoms with Crippen LogP contribution < -0.4 is 0 Å². The molecule has 6 heteroatoms. The number of halogens is 1. The molecule has 0 spiro atoms. The molecule has 2 aromatic heterocycles. The number of nitrogens with zero attached hydrogens (tertiary/aromatic N) is 2. The van der Waals surface area contributed by atoms with E-state index >= 15 is 0 Å². The molecule has 3 heterocycles. The second kappa shape index (κ2) is 10.5. The van der Waals surface area contributed by atoms with Gasteiger partial charge in [-0.3, -0.25) is 4.79 Å². The van der Waals surface area contributed by atoms with Crippen LogP contribution in [0.5, 0.6) is 0 Å². The Morgan fingerprint density at radius 2 is 1.87 bits per heavy atom. The van der Waals surface area contributed by atoms with Gasteiger partial charge in [0.25, 0.3) is 5.91 Å². The number of likely N-dealkylation sites (tertiary alicyclic amines) is 1. The zero-order chi connectivity index (χ0) is 27.3. The fourth-order valence-corrected chi connectivity index (χ4v) is 8.28. The first-order valence-corrected chi connectivity index (χ1v) is 15.2. The summed E-state index contributed by atoms with van der Waals surface area (Å²) in [5, 5.41) is 1.99. The Balaban J connectivity index is 1.39. The summed E-state index contributed by atoms with van der Waals surface area (Å²) in [4.78, 5) is 22.0. The third-order valence-electron chi connectivity index (χ3n) is 9.15. The highest BCUT2D eigenvalue weighted by Gasteiger charge is 2.49. The van der Waals surface area contributed by atoms with Gasteiger partial charge in [0.05, 0.1) is 9.88 Å². The third-order valence-corrected chi connectivity index (χ3v) is 10.2. The van der Waals surface area contributed by atoms with Gasteiger partial charge in [-0.2, -0.15) is 0 Å². The largest absolute Gasteiger partial charge is 0.461 e. The molecule has 0 bridgehead atoms. The van der Waals surface area contributed by atoms with Crippen LogP contribution in [0.2, 0.25) is 0 Å². The van der Waals surface area contributed by atoms with Gasteiger partial charge in [-0.15, -0.1) is 11.3 Å². The smallest absolute Gasteiger partial charge is 0.274 e. The summed E-state index contributed by atoms with van der Waals surface area (Å²) in [6.07, 6.45) is 4.34. The number of amides is 1. The van der Waals surface area contributed by atoms with Gasteiger partial charge in [0.2, 0.25) is 0 Å². The van der Waals surface area contributed by atoms with Crippen LogP contribution >= 0.6 is 11.3 Å². The highest BCUT2D eigenvalue weighted by atomic mass is 32.1. The average Bonchev–Trinajstić information content (AvgIpc) is 3.66. The summed E-state index contributed by atoms with van der Waals surface area (Å²) in [5.41, 5.74) is 2.28. The second-order valence-corrected chi connectivity index (χ2v) is 13.1. The second-order valence-electron chi connectivity index (χ2n) is 11.9. The molecule has 6 rings (SSSR count). The van der Waals surface area contributed by atoms with Crippen LogP contribution in [-0.2, 0) is 0 Å². The van der Waals surface area contributed by atoms with E-state index in [9.17, 15) is 9.18 Å². The first-order valence-electron chi connectivity index (χ1n) is 14.3. The van der Waals surface area contributed by atoms with E-state index in [1.807, 2.05) is 19.1 Å². The molecular formula is C33H37FN2O2S. The van der Waals surface area contributed by atoms with Gasteiger partial charge in [-0.25, -0.2) is 9.37 Å². The fourth-order valence-electron chi connectivity index (χ4n) is 7.36. The molecular weight excluding hydrogens is 507 g/mol. The van der Waals surface area contributed by atoms with Gasteiger partial charge < -0.3 is 9.32 Å². The minimum Gasteiger partial charge on any atom is -0.461 e. The summed E-state index contributed by atoms with van der Waals surface area (Å²) >= 11 is 1.51. The molecule has 2 aromatic carbocycles. The molecule has 4 nitrogen and oxygen atoms in total. The van der Waals surface area contributed by atoms with Crippen LogP contribution in [0.15, 0.2) is 59.0 Å². The predicted octanol–water partition coefficient (Wildman–Crippen LogP) is 8.71. The molecule has 1 saturated heterocycles. The maximum atomic E-state index is 14.3. The summed E-state index contributed by atoms with van der Waals surface area (Å²) < 4.78 is 20.2. The lowest BCUT2D eigenvalue weighted by molar-refractivity contribution is 0.0298. The van der Waals surface area contributed by atoms with Gasteiger partial charge in [-0.05, 0) is 86.1 Å². The highest BCUT2D eigenvalue weighted by molar-refractivity contribution is 7.15. The maximum absolute atomic E-state index is 14.3. The molecule has 0 N–H and O–H groups in total. The maximum Gasteiger partial charge on any atom is 0.274 e. The normalized spacial score (nSPS) is 25.6. The zero-order valence-corrected chi connectivity index (χ0v) is 24.0. The van der Waals surface area contributed by atoms with Gasteiger partial charge in [-0.1, -0.05) is 51.1 Å². The molecule has 5 unspecified atom stereocenters. The zero-order valence-electron chi connectivity index (χ0n) is 23.2. The Labute approximate surface area is 234 Å². The van der Waals surface area contributed by atoms with Crippen molar-refractivity contribution in [3.05, 3.63) is 76.9 Å². The van der Waals surface area contributed by atoms with E-state index in [4.69, 9.17) is 9.40 Å². The first kappa shape index (κ1) is 26.2. The number of para-hydroxylation sites is 1. The molecule has 5 atom stereocenters. The molecule has 1 amide bonds. The van der Waals surface area contributed by atoms with Crippen molar-refractivity contribution >= 4 is 28.2 Å². The molecule has 4 aromatic rings. The van der Waals surface area contributed by atoms with Gasteiger partial charge >= 0.3 is 0 Å². The van der Waals surface area contributed by atoms with Gasteiger partial charge in [0.15, 0.2) is 0 Å². The van der Waals surface area contributed by atoms with Crippen LogP contribution in [0.1, 0.15) is 73.6 Å². The molecule has 1 saturated carbocycles. The number of aromatic nitrogens is 1. The Morgan fingerprint density at radius 3 is 2.62 bits per heavy atom. The van der Waals surface area contributed by atoms with E-state index in [1.165, 1.54) is 36.3 Å². The van der Waals surface area contributed by atoms with E-state index in [-0.39, 0.29) is 23.7 Å². The SMILES string of the molecule is Cc1nc(C(=O)N2CCCC2C2C(C(C)C)CCC(C)C2c2cc3ccccc3o2)c(-c2ccc(F)cc2)s1. The standard InChI is InChI=1S/C33H37FN2O2S/c1-19(2)25-16-11-20(3)29(28-18-23-8-5-6-10-27(23)38-28)30(25)26-9-7-17-36(26)33(37)31-32(39-21(4)35-31)22-12-14-24(34)15-13-22/h5-6,8,10,12-15,18-20,25-26,29-30H,7,9,11,16-17H2,1-4H3. The van der Waals surface area contributed by atoms with Crippen LogP contribution in [0.25, 0.3) is 21.4 Å². The van der Waals surface area contributed by atoms with Gasteiger partial charge in [0, 0.05) is 23.9 Å². The summed E-state index contributed by atoms with van der Waals surface area (Å²) in [7, 11) is 0. The van der Waals surface area contributed by atoms with Crippen molar-refractivity contribution in [2.75, 3.05) is 6.54 Å². The Kier molecular flexibility index (Phi) is 7.09. The van der Waals surface area contributed by atoms with Crippen LogP contribution in [0, 0.1) is 36.4 Å². The number of hydrogen-bond donors (Lipinski definition) is 0. The highest BCUT2D eigenvalue weighted by Crippen LogP contribution is 2.52. The minimum absolute atomic E-state index is 0.00487. The summed E-state index contributed by atoms with van der Waals surface area (Å²) in [6.45, 7) is 9.71. The van der Waals surface area contributed by atoms with Crippen molar-refractivity contribution in [3.63, 3.8) is 0 Å². The van der Waals surface area contributed by atoms with E-state index in [0.29, 0.717) is 29.4 Å². The number of thiazole rings is 1. The number of fused-ring (bicyclic) bond motifs is 1. The van der Waals surface area contributed by atoms with Gasteiger partial charge in [0.1, 0.15) is 22.9 Å². The average molecular weight is 545 g/mol. The molecule has 1 aliphatic heterocycles. The van der Waals surface area contributed by atoms with Crippen molar-refractivity contribution in [2.45, 2.75) is 65.3 Å². The van der Waals surface area contributed by atoms with E-state index < -0.39 is 0 Å². The number of benzene rings is 2. The molecule has 1 aliphatic carbocycles. The summed E-state index contributed by atoms with van der Waals surface area (Å²) in [6, 6.07) is 17.0. The first-order chi connectivity index (χ1) is 18.8. The lowest BCUT2D eigenvalue weighted by Crippen LogP contribution is -2.49. The van der Waals surface area contributed by atoms with Crippen LogP contribution in [0.4, 0.5) is 4.39 Å². The molecule has 2 fully saturated rings. The van der Waals surface area contributed by atoms with Crippen molar-refractivity contribution in [2.24, 2.45) is 23.7 Å². The Morgan fingerprint density at radius 1 is 1.10 bits per heavy atom. The molecule has 39 heavy (non-hydrogen) atoms. The van der Waals surface area contributed by atoms with Crippen LogP contribution in [-0.4, -0.2) is 28.4 Å². The lowest BCUT2D eigenvalue weighted by atomic mass is 9.60. The Bertz CT molecular complexity index is 1440. The third kappa shape index (κ3) is 4.82. The fraction of sp³-hybridized carbons (Fsp3) is 0.455. The monoisotopic (exact) mass is 544 g/mol. The quantitative estimate of drug-likeness (QED) is 0.252. The van der Waals surface area contributed by atoms with E-state index in [0.717, 1.165) is 51.6 Å². The lowest BCUT2D eigenvalue weighted by Gasteiger charge is -2.48.